The Bertz CT molecular complexity index is 649. The minimum Gasteiger partial charge on any atom is -0.374 e. The van der Waals surface area contributed by atoms with E-state index in [1.807, 2.05) is 0 Å². The molecule has 3 atom stereocenters. The third-order valence-corrected chi connectivity index (χ3v) is 9.24. The predicted molar refractivity (Wildman–Crippen MR) is 178 cm³/mol. The fraction of sp³-hybridized carbons (Fsp3) is 0.842. The van der Waals surface area contributed by atoms with Gasteiger partial charge in [-0.3, -0.25) is 0 Å². The summed E-state index contributed by atoms with van der Waals surface area (Å²) in [5.74, 6) is 3.40. The summed E-state index contributed by atoms with van der Waals surface area (Å²) in [6.45, 7) is 21.3. The summed E-state index contributed by atoms with van der Waals surface area (Å²) in [5.41, 5.74) is 1.95. The highest BCUT2D eigenvalue weighted by Gasteiger charge is 2.26. The summed E-state index contributed by atoms with van der Waals surface area (Å²) in [7, 11) is 0. The molecule has 3 unspecified atom stereocenters. The van der Waals surface area contributed by atoms with E-state index in [2.05, 4.69) is 90.7 Å². The molecule has 1 fully saturated rings. The number of allylic oxidation sites excluding steroid dienone is 5. The lowest BCUT2D eigenvalue weighted by Gasteiger charge is -2.38. The Balaban J connectivity index is 0.000000468. The topological polar surface area (TPSA) is 3.24 Å². The summed E-state index contributed by atoms with van der Waals surface area (Å²) >= 11 is 0. The Morgan fingerprint density at radius 1 is 0.897 bits per heavy atom. The van der Waals surface area contributed by atoms with Crippen molar-refractivity contribution in [3.63, 3.8) is 0 Å². The van der Waals surface area contributed by atoms with Crippen LogP contribution >= 0.6 is 0 Å². The van der Waals surface area contributed by atoms with Gasteiger partial charge in [0.1, 0.15) is 0 Å². The molecule has 39 heavy (non-hydrogen) atoms. The van der Waals surface area contributed by atoms with Gasteiger partial charge in [0, 0.05) is 18.8 Å². The average Bonchev–Trinajstić information content (AvgIpc) is 2.93. The Hall–Kier alpha value is -0.980. The van der Waals surface area contributed by atoms with Crippen LogP contribution in [0, 0.1) is 29.1 Å². The maximum Gasteiger partial charge on any atom is 0.0242 e. The van der Waals surface area contributed by atoms with Gasteiger partial charge in [-0.25, -0.2) is 0 Å². The van der Waals surface area contributed by atoms with Crippen LogP contribution in [0.1, 0.15) is 165 Å². The Kier molecular flexibility index (Phi) is 20.1. The highest BCUT2D eigenvalue weighted by atomic mass is 15.1. The van der Waals surface area contributed by atoms with E-state index in [9.17, 15) is 0 Å². The molecular weight excluding hydrogens is 470 g/mol. The van der Waals surface area contributed by atoms with Crippen molar-refractivity contribution in [2.24, 2.45) is 29.1 Å². The smallest absolute Gasteiger partial charge is 0.0242 e. The second kappa shape index (κ2) is 21.7. The molecule has 3 rings (SSSR count). The summed E-state index contributed by atoms with van der Waals surface area (Å²) in [4.78, 5) is 2.74. The molecule has 0 spiro atoms. The lowest BCUT2D eigenvalue weighted by atomic mass is 9.79. The standard InChI is InChI=1S/C25H47N.C7H14.C6H10/c1-8-10-13-21(3)14-11-19-26(24-17-15-22(4)16-18-24)20-23(12-9-2)25(5,6)7;1-7-5-3-2-4-6-7;1-2-4-6-5-3-1/h9,12,17,21-23H,8,10-11,13-16,18-20H2,1-7H3;7H,2-6H2,1H3;1-2H,3-6H2/b12-9-;;. The summed E-state index contributed by atoms with van der Waals surface area (Å²) in [6.07, 6.45) is 35.4. The number of hydrogen-bond acceptors (Lipinski definition) is 1. The van der Waals surface area contributed by atoms with Gasteiger partial charge in [-0.1, -0.05) is 130 Å². The van der Waals surface area contributed by atoms with E-state index in [-0.39, 0.29) is 0 Å². The van der Waals surface area contributed by atoms with Crippen molar-refractivity contribution >= 4 is 0 Å². The van der Waals surface area contributed by atoms with Gasteiger partial charge in [0.05, 0.1) is 0 Å². The molecule has 1 nitrogen and oxygen atoms in total. The normalized spacial score (nSPS) is 21.7. The van der Waals surface area contributed by atoms with Crippen molar-refractivity contribution in [1.29, 1.82) is 0 Å². The maximum atomic E-state index is 2.74. The van der Waals surface area contributed by atoms with Crippen molar-refractivity contribution in [2.45, 2.75) is 165 Å². The summed E-state index contributed by atoms with van der Waals surface area (Å²) < 4.78 is 0. The van der Waals surface area contributed by atoms with Gasteiger partial charge in [-0.15, -0.1) is 0 Å². The first-order valence-corrected chi connectivity index (χ1v) is 17.4. The van der Waals surface area contributed by atoms with E-state index in [0.717, 1.165) is 17.8 Å². The van der Waals surface area contributed by atoms with Gasteiger partial charge in [0.15, 0.2) is 0 Å². The molecule has 228 valence electrons. The minimum atomic E-state index is 0.321. The molecule has 0 saturated heterocycles. The van der Waals surface area contributed by atoms with Crippen LogP contribution in [0.25, 0.3) is 0 Å². The van der Waals surface area contributed by atoms with Crippen LogP contribution in [0.2, 0.25) is 0 Å². The highest BCUT2D eigenvalue weighted by Crippen LogP contribution is 2.32. The second-order valence-corrected chi connectivity index (χ2v) is 14.4. The van der Waals surface area contributed by atoms with Crippen LogP contribution in [0.3, 0.4) is 0 Å². The molecule has 1 saturated carbocycles. The van der Waals surface area contributed by atoms with Gasteiger partial charge < -0.3 is 4.90 Å². The summed E-state index contributed by atoms with van der Waals surface area (Å²) in [6, 6.07) is 0. The Morgan fingerprint density at radius 2 is 1.54 bits per heavy atom. The number of hydrogen-bond donors (Lipinski definition) is 0. The van der Waals surface area contributed by atoms with E-state index in [1.54, 1.807) is 5.70 Å². The molecule has 0 radical (unpaired) electrons. The molecule has 3 aliphatic carbocycles. The van der Waals surface area contributed by atoms with Crippen LogP contribution in [0.15, 0.2) is 36.1 Å². The third-order valence-electron chi connectivity index (χ3n) is 9.24. The third kappa shape index (κ3) is 18.1. The van der Waals surface area contributed by atoms with Gasteiger partial charge >= 0.3 is 0 Å². The first-order valence-electron chi connectivity index (χ1n) is 17.4. The monoisotopic (exact) mass is 542 g/mol. The molecule has 0 N–H and O–H groups in total. The summed E-state index contributed by atoms with van der Waals surface area (Å²) in [5, 5.41) is 0. The van der Waals surface area contributed by atoms with Crippen LogP contribution < -0.4 is 0 Å². The Labute approximate surface area is 247 Å². The zero-order valence-corrected chi connectivity index (χ0v) is 28.1. The van der Waals surface area contributed by atoms with Gasteiger partial charge in [-0.05, 0) is 93.8 Å². The van der Waals surface area contributed by atoms with Crippen molar-refractivity contribution in [3.8, 4) is 0 Å². The van der Waals surface area contributed by atoms with Crippen LogP contribution in [0.4, 0.5) is 0 Å². The minimum absolute atomic E-state index is 0.321. The quantitative estimate of drug-likeness (QED) is 0.235. The number of unbranched alkanes of at least 4 members (excludes halogenated alkanes) is 1. The molecule has 0 bridgehead atoms. The van der Waals surface area contributed by atoms with Crippen LogP contribution in [-0.4, -0.2) is 18.0 Å². The lowest BCUT2D eigenvalue weighted by Crippen LogP contribution is -2.35. The SMILES string of the molecule is C/C=C\C(CN(CCCC(C)CCCC)C1=CCC(C)CC1)C(C)(C)C.C1=CCCCC1.CC1CCCCC1. The Morgan fingerprint density at radius 3 is 1.97 bits per heavy atom. The molecule has 3 aliphatic rings. The van der Waals surface area contributed by atoms with E-state index >= 15 is 0 Å². The molecular formula is C38H71N. The highest BCUT2D eigenvalue weighted by molar-refractivity contribution is 5.07. The molecule has 0 aromatic carbocycles. The fourth-order valence-electron chi connectivity index (χ4n) is 6.08. The molecule has 0 aliphatic heterocycles. The lowest BCUT2D eigenvalue weighted by molar-refractivity contribution is 0.197. The molecule has 0 amide bonds. The molecule has 0 aromatic heterocycles. The van der Waals surface area contributed by atoms with Gasteiger partial charge in [0.2, 0.25) is 0 Å². The maximum absolute atomic E-state index is 2.74. The van der Waals surface area contributed by atoms with E-state index in [1.165, 1.54) is 122 Å². The van der Waals surface area contributed by atoms with Gasteiger partial charge in [0.25, 0.3) is 0 Å². The van der Waals surface area contributed by atoms with E-state index in [4.69, 9.17) is 0 Å². The number of rotatable bonds is 11. The fourth-order valence-corrected chi connectivity index (χ4v) is 6.08. The largest absolute Gasteiger partial charge is 0.374 e. The van der Waals surface area contributed by atoms with Crippen molar-refractivity contribution in [3.05, 3.63) is 36.1 Å². The number of nitrogens with zero attached hydrogens (tertiary/aromatic N) is 1. The average molecular weight is 542 g/mol. The molecule has 0 heterocycles. The first-order chi connectivity index (χ1) is 18.7. The predicted octanol–water partition coefficient (Wildman–Crippen LogP) is 12.5. The van der Waals surface area contributed by atoms with E-state index < -0.39 is 0 Å². The van der Waals surface area contributed by atoms with Crippen molar-refractivity contribution < 1.29 is 0 Å². The van der Waals surface area contributed by atoms with Gasteiger partial charge in [-0.2, -0.15) is 0 Å². The zero-order valence-electron chi connectivity index (χ0n) is 28.1. The van der Waals surface area contributed by atoms with Crippen molar-refractivity contribution in [2.75, 3.05) is 13.1 Å². The second-order valence-electron chi connectivity index (χ2n) is 14.4. The van der Waals surface area contributed by atoms with Crippen LogP contribution in [0.5, 0.6) is 0 Å². The van der Waals surface area contributed by atoms with E-state index in [0.29, 0.717) is 11.3 Å². The molecule has 0 aromatic rings. The zero-order chi connectivity index (χ0) is 28.9. The van der Waals surface area contributed by atoms with Crippen LogP contribution in [-0.2, 0) is 0 Å². The first kappa shape index (κ1) is 36.0. The molecule has 1 heteroatoms. The van der Waals surface area contributed by atoms with Crippen molar-refractivity contribution in [1.82, 2.24) is 4.90 Å².